The minimum atomic E-state index is -0.138. The second-order valence-electron chi connectivity index (χ2n) is 9.63. The summed E-state index contributed by atoms with van der Waals surface area (Å²) in [5.41, 5.74) is 2.85. The molecular formula is C30H37FO. The number of unbranched alkanes of at least 4 members (excludes halogenated alkanes) is 2. The summed E-state index contributed by atoms with van der Waals surface area (Å²) in [5.74, 6) is 2.48. The molecular weight excluding hydrogens is 395 g/mol. The molecule has 0 spiro atoms. The van der Waals surface area contributed by atoms with Gasteiger partial charge in [-0.25, -0.2) is 4.39 Å². The van der Waals surface area contributed by atoms with E-state index in [-0.39, 0.29) is 5.82 Å². The summed E-state index contributed by atoms with van der Waals surface area (Å²) < 4.78 is 20.5. The van der Waals surface area contributed by atoms with Gasteiger partial charge in [-0.15, -0.1) is 0 Å². The first-order valence-electron chi connectivity index (χ1n) is 12.5. The Kier molecular flexibility index (Phi) is 7.84. The average molecular weight is 433 g/mol. The zero-order valence-electron chi connectivity index (χ0n) is 19.7. The van der Waals surface area contributed by atoms with Crippen LogP contribution in [0.3, 0.4) is 0 Å². The molecule has 0 aromatic heterocycles. The lowest BCUT2D eigenvalue weighted by molar-refractivity contribution is 0.249. The van der Waals surface area contributed by atoms with E-state index in [1.165, 1.54) is 63.4 Å². The largest absolute Gasteiger partial charge is 0.497 e. The number of benzene rings is 3. The van der Waals surface area contributed by atoms with E-state index in [4.69, 9.17) is 4.74 Å². The Balaban J connectivity index is 1.37. The minimum Gasteiger partial charge on any atom is -0.497 e. The van der Waals surface area contributed by atoms with Crippen LogP contribution in [0.4, 0.5) is 4.39 Å². The molecule has 170 valence electrons. The summed E-state index contributed by atoms with van der Waals surface area (Å²) >= 11 is 0. The van der Waals surface area contributed by atoms with Crippen molar-refractivity contribution in [3.05, 3.63) is 66.0 Å². The summed E-state index contributed by atoms with van der Waals surface area (Å²) in [6.45, 7) is 2.29. The molecule has 0 radical (unpaired) electrons. The monoisotopic (exact) mass is 432 g/mol. The van der Waals surface area contributed by atoms with Crippen molar-refractivity contribution in [2.75, 3.05) is 7.11 Å². The molecule has 0 amide bonds. The SMILES string of the molecule is CCCCCC1CCC(CCc2ccc3c(F)c(-c4ccc(OC)cc4)ccc3c2)CC1. The van der Waals surface area contributed by atoms with Crippen LogP contribution in [-0.4, -0.2) is 7.11 Å². The topological polar surface area (TPSA) is 9.23 Å². The summed E-state index contributed by atoms with van der Waals surface area (Å²) in [4.78, 5) is 0. The van der Waals surface area contributed by atoms with Gasteiger partial charge in [0.2, 0.25) is 0 Å². The fourth-order valence-electron chi connectivity index (χ4n) is 5.35. The maximum absolute atomic E-state index is 15.3. The van der Waals surface area contributed by atoms with E-state index in [2.05, 4.69) is 25.1 Å². The molecule has 0 atom stereocenters. The Morgan fingerprint density at radius 1 is 0.844 bits per heavy atom. The van der Waals surface area contributed by atoms with E-state index < -0.39 is 0 Å². The van der Waals surface area contributed by atoms with Crippen molar-refractivity contribution < 1.29 is 9.13 Å². The van der Waals surface area contributed by atoms with Crippen molar-refractivity contribution >= 4 is 10.8 Å². The quantitative estimate of drug-likeness (QED) is 0.307. The molecule has 1 nitrogen and oxygen atoms in total. The van der Waals surface area contributed by atoms with Gasteiger partial charge in [0.15, 0.2) is 0 Å². The van der Waals surface area contributed by atoms with Crippen LogP contribution >= 0.6 is 0 Å². The number of ether oxygens (including phenoxy) is 1. The molecule has 0 N–H and O–H groups in total. The van der Waals surface area contributed by atoms with Crippen molar-refractivity contribution in [2.24, 2.45) is 11.8 Å². The summed E-state index contributed by atoms with van der Waals surface area (Å²) in [6, 6.07) is 17.8. The van der Waals surface area contributed by atoms with Gasteiger partial charge in [0.25, 0.3) is 0 Å². The lowest BCUT2D eigenvalue weighted by atomic mass is 9.77. The summed E-state index contributed by atoms with van der Waals surface area (Å²) in [5, 5.41) is 1.70. The van der Waals surface area contributed by atoms with Gasteiger partial charge in [0.1, 0.15) is 11.6 Å². The van der Waals surface area contributed by atoms with Crippen LogP contribution < -0.4 is 4.74 Å². The van der Waals surface area contributed by atoms with E-state index in [1.54, 1.807) is 7.11 Å². The molecule has 0 unspecified atom stereocenters. The van der Waals surface area contributed by atoms with Gasteiger partial charge in [0.05, 0.1) is 7.11 Å². The average Bonchev–Trinajstić information content (AvgIpc) is 2.84. The fourth-order valence-corrected chi connectivity index (χ4v) is 5.35. The maximum atomic E-state index is 15.3. The fraction of sp³-hybridized carbons (Fsp3) is 0.467. The van der Waals surface area contributed by atoms with E-state index in [0.29, 0.717) is 10.9 Å². The normalized spacial score (nSPS) is 18.7. The van der Waals surface area contributed by atoms with Gasteiger partial charge >= 0.3 is 0 Å². The van der Waals surface area contributed by atoms with E-state index >= 15 is 4.39 Å². The van der Waals surface area contributed by atoms with Crippen LogP contribution in [0.5, 0.6) is 5.75 Å². The van der Waals surface area contributed by atoms with Crippen molar-refractivity contribution in [3.8, 4) is 16.9 Å². The number of hydrogen-bond acceptors (Lipinski definition) is 1. The number of rotatable bonds is 9. The van der Waals surface area contributed by atoms with Crippen molar-refractivity contribution in [2.45, 2.75) is 71.1 Å². The van der Waals surface area contributed by atoms with E-state index in [1.807, 2.05) is 36.4 Å². The first-order chi connectivity index (χ1) is 15.7. The first-order valence-corrected chi connectivity index (χ1v) is 12.5. The van der Waals surface area contributed by atoms with Gasteiger partial charge in [-0.05, 0) is 53.3 Å². The molecule has 4 rings (SSSR count). The zero-order valence-corrected chi connectivity index (χ0v) is 19.7. The lowest BCUT2D eigenvalue weighted by Gasteiger charge is -2.28. The third-order valence-electron chi connectivity index (χ3n) is 7.44. The van der Waals surface area contributed by atoms with Crippen molar-refractivity contribution in [1.29, 1.82) is 0 Å². The van der Waals surface area contributed by atoms with Gasteiger partial charge in [-0.2, -0.15) is 0 Å². The molecule has 0 bridgehead atoms. The Bertz CT molecular complexity index is 999. The van der Waals surface area contributed by atoms with Gasteiger partial charge in [0, 0.05) is 10.9 Å². The number of hydrogen-bond donors (Lipinski definition) is 0. The van der Waals surface area contributed by atoms with Gasteiger partial charge < -0.3 is 4.74 Å². The predicted molar refractivity (Wildman–Crippen MR) is 134 cm³/mol. The highest BCUT2D eigenvalue weighted by Gasteiger charge is 2.20. The highest BCUT2D eigenvalue weighted by atomic mass is 19.1. The van der Waals surface area contributed by atoms with Crippen molar-refractivity contribution in [1.82, 2.24) is 0 Å². The van der Waals surface area contributed by atoms with Gasteiger partial charge in [-0.3, -0.25) is 0 Å². The number of aryl methyl sites for hydroxylation is 1. The highest BCUT2D eigenvalue weighted by Crippen LogP contribution is 2.35. The molecule has 1 aliphatic rings. The Labute approximate surface area is 193 Å². The lowest BCUT2D eigenvalue weighted by Crippen LogP contribution is -2.15. The Hall–Kier alpha value is -2.35. The predicted octanol–water partition coefficient (Wildman–Crippen LogP) is 8.97. The molecule has 2 heteroatoms. The van der Waals surface area contributed by atoms with Crippen LogP contribution in [0.25, 0.3) is 21.9 Å². The van der Waals surface area contributed by atoms with Crippen molar-refractivity contribution in [3.63, 3.8) is 0 Å². The van der Waals surface area contributed by atoms with Gasteiger partial charge in [-0.1, -0.05) is 101 Å². The van der Waals surface area contributed by atoms with Crippen LogP contribution in [-0.2, 0) is 6.42 Å². The van der Waals surface area contributed by atoms with E-state index in [0.717, 1.165) is 35.0 Å². The molecule has 1 fully saturated rings. The summed E-state index contributed by atoms with van der Waals surface area (Å²) in [6.07, 6.45) is 13.6. The third-order valence-corrected chi connectivity index (χ3v) is 7.44. The Morgan fingerprint density at radius 3 is 2.25 bits per heavy atom. The molecule has 3 aromatic carbocycles. The molecule has 1 saturated carbocycles. The highest BCUT2D eigenvalue weighted by molar-refractivity contribution is 5.88. The molecule has 1 aliphatic carbocycles. The Morgan fingerprint density at radius 2 is 1.56 bits per heavy atom. The number of fused-ring (bicyclic) bond motifs is 1. The minimum absolute atomic E-state index is 0.138. The summed E-state index contributed by atoms with van der Waals surface area (Å²) in [7, 11) is 1.64. The standard InChI is InChI=1S/C30H37FO/c1-3-4-5-6-22-7-9-23(10-8-22)11-12-24-13-19-29-26(21-24)16-20-28(30(29)31)25-14-17-27(32-2)18-15-25/h13-23H,3-12H2,1-2H3. The maximum Gasteiger partial charge on any atom is 0.138 e. The van der Waals surface area contributed by atoms with E-state index in [9.17, 15) is 0 Å². The molecule has 0 aliphatic heterocycles. The van der Waals surface area contributed by atoms with Crippen LogP contribution in [0.2, 0.25) is 0 Å². The third kappa shape index (κ3) is 5.52. The molecule has 0 saturated heterocycles. The van der Waals surface area contributed by atoms with Crippen LogP contribution in [0, 0.1) is 17.7 Å². The zero-order chi connectivity index (χ0) is 22.3. The molecule has 32 heavy (non-hydrogen) atoms. The first kappa shape index (κ1) is 22.8. The smallest absolute Gasteiger partial charge is 0.138 e. The molecule has 0 heterocycles. The van der Waals surface area contributed by atoms with Crippen LogP contribution in [0.1, 0.15) is 70.3 Å². The second-order valence-corrected chi connectivity index (χ2v) is 9.63. The second kappa shape index (κ2) is 11.0. The number of methoxy groups -OCH3 is 1. The van der Waals surface area contributed by atoms with Crippen LogP contribution in [0.15, 0.2) is 54.6 Å². The number of halogens is 1. The molecule has 3 aromatic rings.